The number of para-hydroxylation sites is 1. The Labute approximate surface area is 91.3 Å². The van der Waals surface area contributed by atoms with E-state index in [2.05, 4.69) is 4.98 Å². The number of hydrogen-bond donors (Lipinski definition) is 0. The maximum atomic E-state index is 11.0. The third-order valence-electron chi connectivity index (χ3n) is 1.94. The van der Waals surface area contributed by atoms with E-state index in [0.717, 1.165) is 0 Å². The molecule has 0 N–H and O–H groups in total. The highest BCUT2D eigenvalue weighted by atomic mass is 35.7. The van der Waals surface area contributed by atoms with Gasteiger partial charge in [0.2, 0.25) is 9.05 Å². The molecule has 80 valence electrons. The number of fused-ring (bicyclic) bond motifs is 1. The summed E-state index contributed by atoms with van der Waals surface area (Å²) in [6, 6.07) is 5.12. The molecule has 0 radical (unpaired) electrons. The second-order valence-corrected chi connectivity index (χ2v) is 5.96. The molecule has 15 heavy (non-hydrogen) atoms. The van der Waals surface area contributed by atoms with E-state index in [-0.39, 0.29) is 5.75 Å². The Hall–Kier alpha value is -1.07. The van der Waals surface area contributed by atoms with Crippen molar-refractivity contribution in [3.8, 4) is 0 Å². The summed E-state index contributed by atoms with van der Waals surface area (Å²) in [6.07, 6.45) is 0. The van der Waals surface area contributed by atoms with Crippen LogP contribution in [-0.2, 0) is 14.8 Å². The van der Waals surface area contributed by atoms with Crippen LogP contribution in [0.5, 0.6) is 0 Å². The second kappa shape index (κ2) is 3.50. The molecular weight excluding hydrogens is 238 g/mol. The minimum atomic E-state index is -3.57. The molecular formula is C9H8ClNO3S. The molecule has 1 aromatic carbocycles. The molecule has 2 aromatic rings. The summed E-state index contributed by atoms with van der Waals surface area (Å²) in [5, 5.41) is 0. The normalized spacial score (nSPS) is 12.1. The Bertz CT molecular complexity index is 603. The van der Waals surface area contributed by atoms with Gasteiger partial charge in [0.25, 0.3) is 0 Å². The number of hydrogen-bond acceptors (Lipinski definition) is 4. The lowest BCUT2D eigenvalue weighted by atomic mass is 10.2. The zero-order valence-corrected chi connectivity index (χ0v) is 9.47. The van der Waals surface area contributed by atoms with Crippen molar-refractivity contribution in [2.75, 3.05) is 0 Å². The highest BCUT2D eigenvalue weighted by molar-refractivity contribution is 8.13. The monoisotopic (exact) mass is 245 g/mol. The summed E-state index contributed by atoms with van der Waals surface area (Å²) in [5.41, 5.74) is 1.68. The second-order valence-electron chi connectivity index (χ2n) is 3.18. The van der Waals surface area contributed by atoms with Crippen LogP contribution in [0.2, 0.25) is 0 Å². The molecule has 0 bridgehead atoms. The molecule has 0 unspecified atom stereocenters. The Morgan fingerprint density at radius 1 is 1.47 bits per heavy atom. The van der Waals surface area contributed by atoms with E-state index in [0.29, 0.717) is 22.6 Å². The van der Waals surface area contributed by atoms with E-state index < -0.39 is 9.05 Å². The van der Waals surface area contributed by atoms with E-state index in [1.807, 2.05) is 0 Å². The first-order chi connectivity index (χ1) is 6.96. The molecule has 1 aromatic heterocycles. The van der Waals surface area contributed by atoms with Crippen LogP contribution in [0.25, 0.3) is 11.1 Å². The maximum absolute atomic E-state index is 11.0. The molecule has 0 aliphatic carbocycles. The highest BCUT2D eigenvalue weighted by Gasteiger charge is 2.13. The van der Waals surface area contributed by atoms with Crippen molar-refractivity contribution in [1.29, 1.82) is 0 Å². The van der Waals surface area contributed by atoms with Crippen LogP contribution in [0, 0.1) is 6.92 Å². The number of halogens is 1. The predicted molar refractivity (Wildman–Crippen MR) is 57.2 cm³/mol. The van der Waals surface area contributed by atoms with E-state index in [1.54, 1.807) is 25.1 Å². The number of nitrogens with zero attached hydrogens (tertiary/aromatic N) is 1. The van der Waals surface area contributed by atoms with Crippen LogP contribution in [0.15, 0.2) is 22.6 Å². The largest absolute Gasteiger partial charge is 0.441 e. The van der Waals surface area contributed by atoms with Crippen molar-refractivity contribution in [2.45, 2.75) is 12.7 Å². The molecule has 0 saturated carbocycles. The smallest absolute Gasteiger partial charge is 0.236 e. The van der Waals surface area contributed by atoms with Crippen molar-refractivity contribution in [2.24, 2.45) is 0 Å². The minimum absolute atomic E-state index is 0.238. The fraction of sp³-hybridized carbons (Fsp3) is 0.222. The first kappa shape index (κ1) is 10.4. The number of rotatable bonds is 2. The average Bonchev–Trinajstić information content (AvgIpc) is 2.43. The SMILES string of the molecule is Cc1nc2c(CS(=O)(=O)Cl)cccc2o1. The lowest BCUT2D eigenvalue weighted by Gasteiger charge is -1.97. The molecule has 0 aliphatic heterocycles. The molecule has 0 amide bonds. The van der Waals surface area contributed by atoms with Gasteiger partial charge in [0.05, 0.1) is 5.75 Å². The summed E-state index contributed by atoms with van der Waals surface area (Å²) in [6.45, 7) is 1.71. The summed E-state index contributed by atoms with van der Waals surface area (Å²) < 4.78 is 27.2. The first-order valence-corrected chi connectivity index (χ1v) is 6.71. The molecule has 2 rings (SSSR count). The topological polar surface area (TPSA) is 60.2 Å². The van der Waals surface area contributed by atoms with Gasteiger partial charge in [-0.2, -0.15) is 0 Å². The van der Waals surface area contributed by atoms with Gasteiger partial charge >= 0.3 is 0 Å². The van der Waals surface area contributed by atoms with Crippen molar-refractivity contribution in [3.63, 3.8) is 0 Å². The Balaban J connectivity index is 2.60. The van der Waals surface area contributed by atoms with Gasteiger partial charge in [0.15, 0.2) is 11.5 Å². The summed E-state index contributed by atoms with van der Waals surface area (Å²) in [7, 11) is 1.62. The zero-order valence-electron chi connectivity index (χ0n) is 7.90. The lowest BCUT2D eigenvalue weighted by Crippen LogP contribution is -1.95. The Morgan fingerprint density at radius 3 is 2.87 bits per heavy atom. The van der Waals surface area contributed by atoms with E-state index in [1.165, 1.54) is 0 Å². The third-order valence-corrected chi connectivity index (χ3v) is 2.92. The van der Waals surface area contributed by atoms with Crippen LogP contribution in [-0.4, -0.2) is 13.4 Å². The van der Waals surface area contributed by atoms with Crippen LogP contribution >= 0.6 is 10.7 Å². The highest BCUT2D eigenvalue weighted by Crippen LogP contribution is 2.21. The molecule has 0 saturated heterocycles. The zero-order chi connectivity index (χ0) is 11.1. The van der Waals surface area contributed by atoms with Gasteiger partial charge in [-0.1, -0.05) is 12.1 Å². The number of oxazole rings is 1. The summed E-state index contributed by atoms with van der Waals surface area (Å²) in [5.74, 6) is 0.266. The summed E-state index contributed by atoms with van der Waals surface area (Å²) >= 11 is 0. The van der Waals surface area contributed by atoms with Gasteiger partial charge < -0.3 is 4.42 Å². The van der Waals surface area contributed by atoms with Gasteiger partial charge in [-0.3, -0.25) is 0 Å². The van der Waals surface area contributed by atoms with Crippen molar-refractivity contribution in [3.05, 3.63) is 29.7 Å². The molecule has 6 heteroatoms. The quantitative estimate of drug-likeness (QED) is 0.761. The Morgan fingerprint density at radius 2 is 2.20 bits per heavy atom. The van der Waals surface area contributed by atoms with Gasteiger partial charge in [-0.15, -0.1) is 0 Å². The van der Waals surface area contributed by atoms with Crippen LogP contribution < -0.4 is 0 Å². The number of aryl methyl sites for hydroxylation is 1. The van der Waals surface area contributed by atoms with Crippen molar-refractivity contribution < 1.29 is 12.8 Å². The molecule has 0 spiro atoms. The average molecular weight is 246 g/mol. The minimum Gasteiger partial charge on any atom is -0.441 e. The van der Waals surface area contributed by atoms with Gasteiger partial charge in [-0.05, 0) is 11.6 Å². The number of aromatic nitrogens is 1. The molecule has 0 aliphatic rings. The predicted octanol–water partition coefficient (Wildman–Crippen LogP) is 2.20. The van der Waals surface area contributed by atoms with Crippen LogP contribution in [0.1, 0.15) is 11.5 Å². The number of benzene rings is 1. The van der Waals surface area contributed by atoms with Gasteiger partial charge in [0, 0.05) is 17.6 Å². The molecule has 4 nitrogen and oxygen atoms in total. The van der Waals surface area contributed by atoms with Gasteiger partial charge in [-0.25, -0.2) is 13.4 Å². The van der Waals surface area contributed by atoms with E-state index >= 15 is 0 Å². The molecule has 0 atom stereocenters. The van der Waals surface area contributed by atoms with Crippen molar-refractivity contribution in [1.82, 2.24) is 4.98 Å². The molecule has 1 heterocycles. The van der Waals surface area contributed by atoms with Crippen LogP contribution in [0.4, 0.5) is 0 Å². The standard InChI is InChI=1S/C9H8ClNO3S/c1-6-11-9-7(5-15(10,12)13)3-2-4-8(9)14-6/h2-4H,5H2,1H3. The molecule has 0 fully saturated rings. The third kappa shape index (κ3) is 2.30. The summed E-state index contributed by atoms with van der Waals surface area (Å²) in [4.78, 5) is 4.11. The van der Waals surface area contributed by atoms with Crippen molar-refractivity contribution >= 4 is 30.8 Å². The van der Waals surface area contributed by atoms with Crippen LogP contribution in [0.3, 0.4) is 0 Å². The van der Waals surface area contributed by atoms with E-state index in [9.17, 15) is 8.42 Å². The first-order valence-electron chi connectivity index (χ1n) is 4.23. The maximum Gasteiger partial charge on any atom is 0.236 e. The van der Waals surface area contributed by atoms with Gasteiger partial charge in [0.1, 0.15) is 5.52 Å². The fourth-order valence-electron chi connectivity index (χ4n) is 1.42. The Kier molecular flexibility index (Phi) is 2.44. The lowest BCUT2D eigenvalue weighted by molar-refractivity contribution is 0.561. The fourth-order valence-corrected chi connectivity index (χ4v) is 2.38. The van der Waals surface area contributed by atoms with E-state index in [4.69, 9.17) is 15.1 Å².